The number of aromatic nitrogens is 2. The van der Waals surface area contributed by atoms with Crippen LogP contribution in [0.25, 0.3) is 0 Å². The molecule has 0 unspecified atom stereocenters. The fourth-order valence-electron chi connectivity index (χ4n) is 3.59. The number of amides is 1. The first-order valence-electron chi connectivity index (χ1n) is 9.89. The highest BCUT2D eigenvalue weighted by molar-refractivity contribution is 6.05. The van der Waals surface area contributed by atoms with Crippen LogP contribution in [0, 0.1) is 17.0 Å². The van der Waals surface area contributed by atoms with Gasteiger partial charge in [0.05, 0.1) is 4.92 Å². The summed E-state index contributed by atoms with van der Waals surface area (Å²) in [6.45, 7) is 1.54. The van der Waals surface area contributed by atoms with Gasteiger partial charge in [0.15, 0.2) is 5.76 Å². The monoisotopic (exact) mass is 436 g/mol. The SMILES string of the molecule is Cc1nn(C)c(N/N=C2/CCCc3cc(NC(=O)c4ccccc4)c(=O)oc32)c1[N+](=O)[O-]. The molecule has 0 atom stereocenters. The number of benzene rings is 1. The summed E-state index contributed by atoms with van der Waals surface area (Å²) in [6.07, 6.45) is 1.89. The second kappa shape index (κ2) is 8.46. The fraction of sp³-hybridized carbons (Fsp3) is 0.238. The van der Waals surface area contributed by atoms with E-state index in [1.807, 2.05) is 0 Å². The first kappa shape index (κ1) is 21.0. The average Bonchev–Trinajstić information content (AvgIpc) is 3.06. The van der Waals surface area contributed by atoms with E-state index in [0.717, 1.165) is 12.0 Å². The number of hydrogen-bond acceptors (Lipinski definition) is 8. The number of rotatable bonds is 5. The van der Waals surface area contributed by atoms with Gasteiger partial charge in [-0.05, 0) is 49.9 Å². The Morgan fingerprint density at radius 1 is 1.28 bits per heavy atom. The standard InChI is InChI=1S/C21H20N6O5/c1-12-17(27(30)31)19(26(2)25-12)24-23-15-10-6-9-14-11-16(21(29)32-18(14)15)22-20(28)13-7-4-3-5-8-13/h3-5,7-8,11,24H,6,9-10H2,1-2H3,(H,22,28)/b23-15-. The predicted octanol–water partition coefficient (Wildman–Crippen LogP) is 2.99. The lowest BCUT2D eigenvalue weighted by Gasteiger charge is -2.17. The summed E-state index contributed by atoms with van der Waals surface area (Å²) in [6, 6.07) is 10.1. The molecule has 0 radical (unpaired) electrons. The zero-order valence-corrected chi connectivity index (χ0v) is 17.4. The molecule has 0 saturated heterocycles. The largest absolute Gasteiger partial charge is 0.420 e. The topological polar surface area (TPSA) is 145 Å². The third-order valence-electron chi connectivity index (χ3n) is 5.10. The molecule has 0 fully saturated rings. The van der Waals surface area contributed by atoms with Crippen molar-refractivity contribution < 1.29 is 14.1 Å². The Kier molecular flexibility index (Phi) is 5.54. The quantitative estimate of drug-likeness (QED) is 0.462. The number of anilines is 2. The van der Waals surface area contributed by atoms with Gasteiger partial charge in [0.25, 0.3) is 5.91 Å². The second-order valence-electron chi connectivity index (χ2n) is 7.31. The van der Waals surface area contributed by atoms with E-state index in [9.17, 15) is 19.7 Å². The summed E-state index contributed by atoms with van der Waals surface area (Å²) in [4.78, 5) is 35.7. The van der Waals surface area contributed by atoms with Gasteiger partial charge in [-0.15, -0.1) is 0 Å². The van der Waals surface area contributed by atoms with Crippen LogP contribution in [0.5, 0.6) is 0 Å². The Bertz CT molecular complexity index is 1290. The molecule has 0 bridgehead atoms. The van der Waals surface area contributed by atoms with Crippen LogP contribution < -0.4 is 16.4 Å². The fourth-order valence-corrected chi connectivity index (χ4v) is 3.59. The number of nitrogens with zero attached hydrogens (tertiary/aromatic N) is 4. The van der Waals surface area contributed by atoms with E-state index in [4.69, 9.17) is 4.42 Å². The van der Waals surface area contributed by atoms with Gasteiger partial charge in [-0.3, -0.25) is 20.3 Å². The first-order valence-corrected chi connectivity index (χ1v) is 9.89. The van der Waals surface area contributed by atoms with Gasteiger partial charge in [-0.2, -0.15) is 10.2 Å². The summed E-state index contributed by atoms with van der Waals surface area (Å²) in [5.74, 6) is 0.0114. The molecule has 1 amide bonds. The third kappa shape index (κ3) is 4.00. The molecule has 0 spiro atoms. The number of nitrogens with one attached hydrogen (secondary N) is 2. The van der Waals surface area contributed by atoms with E-state index in [0.29, 0.717) is 29.9 Å². The molecule has 1 aliphatic carbocycles. The molecule has 11 nitrogen and oxygen atoms in total. The Labute approximate surface area is 181 Å². The Morgan fingerprint density at radius 3 is 2.75 bits per heavy atom. The summed E-state index contributed by atoms with van der Waals surface area (Å²) >= 11 is 0. The minimum absolute atomic E-state index is 0.0460. The van der Waals surface area contributed by atoms with Gasteiger partial charge < -0.3 is 9.73 Å². The van der Waals surface area contributed by atoms with Crippen LogP contribution in [0.4, 0.5) is 17.2 Å². The van der Waals surface area contributed by atoms with Crippen LogP contribution in [0.1, 0.15) is 40.2 Å². The molecule has 11 heteroatoms. The zero-order chi connectivity index (χ0) is 22.8. The number of nitro groups is 1. The zero-order valence-electron chi connectivity index (χ0n) is 17.4. The van der Waals surface area contributed by atoms with Crippen LogP contribution in [-0.2, 0) is 13.5 Å². The van der Waals surface area contributed by atoms with E-state index in [-0.39, 0.29) is 22.9 Å². The number of carbonyl (C=O) groups is 1. The van der Waals surface area contributed by atoms with Crippen LogP contribution in [-0.4, -0.2) is 26.3 Å². The third-order valence-corrected chi connectivity index (χ3v) is 5.10. The molecule has 4 rings (SSSR count). The normalized spacial score (nSPS) is 14.1. The van der Waals surface area contributed by atoms with Crippen LogP contribution in [0.2, 0.25) is 0 Å². The Morgan fingerprint density at radius 2 is 2.03 bits per heavy atom. The second-order valence-corrected chi connectivity index (χ2v) is 7.31. The summed E-state index contributed by atoms with van der Waals surface area (Å²) in [5, 5.41) is 22.3. The average molecular weight is 436 g/mol. The minimum Gasteiger partial charge on any atom is -0.420 e. The first-order chi connectivity index (χ1) is 15.3. The van der Waals surface area contributed by atoms with Crippen LogP contribution in [0.3, 0.4) is 0 Å². The van der Waals surface area contributed by atoms with Crippen LogP contribution in [0.15, 0.2) is 50.7 Å². The molecular weight excluding hydrogens is 416 g/mol. The lowest BCUT2D eigenvalue weighted by molar-refractivity contribution is -0.384. The molecule has 0 saturated carbocycles. The summed E-state index contributed by atoms with van der Waals surface area (Å²) < 4.78 is 6.82. The van der Waals surface area contributed by atoms with Crippen molar-refractivity contribution in [2.75, 3.05) is 10.7 Å². The summed E-state index contributed by atoms with van der Waals surface area (Å²) in [7, 11) is 1.57. The van der Waals surface area contributed by atoms with Crippen molar-refractivity contribution in [2.24, 2.45) is 12.1 Å². The molecule has 3 aromatic rings. The lowest BCUT2D eigenvalue weighted by Crippen LogP contribution is -2.22. The Balaban J connectivity index is 1.62. The molecule has 1 aromatic carbocycles. The van der Waals surface area contributed by atoms with Gasteiger partial charge in [0.2, 0.25) is 5.82 Å². The molecule has 164 valence electrons. The maximum absolute atomic E-state index is 12.5. The minimum atomic E-state index is -0.704. The van der Waals surface area contributed by atoms with E-state index in [1.165, 1.54) is 11.6 Å². The van der Waals surface area contributed by atoms with Crippen molar-refractivity contribution in [1.82, 2.24) is 9.78 Å². The van der Waals surface area contributed by atoms with Crippen molar-refractivity contribution in [1.29, 1.82) is 0 Å². The van der Waals surface area contributed by atoms with E-state index in [1.54, 1.807) is 43.4 Å². The van der Waals surface area contributed by atoms with Gasteiger partial charge in [0, 0.05) is 12.6 Å². The van der Waals surface area contributed by atoms with Crippen molar-refractivity contribution in [3.8, 4) is 0 Å². The van der Waals surface area contributed by atoms with Gasteiger partial charge >= 0.3 is 11.3 Å². The highest BCUT2D eigenvalue weighted by Gasteiger charge is 2.26. The van der Waals surface area contributed by atoms with E-state index >= 15 is 0 Å². The van der Waals surface area contributed by atoms with Gasteiger partial charge in [-0.25, -0.2) is 9.48 Å². The van der Waals surface area contributed by atoms with Crippen LogP contribution >= 0.6 is 0 Å². The smallest absolute Gasteiger partial charge is 0.360 e. The molecule has 0 aliphatic heterocycles. The maximum Gasteiger partial charge on any atom is 0.360 e. The number of carbonyl (C=O) groups excluding carboxylic acids is 1. The van der Waals surface area contributed by atoms with E-state index in [2.05, 4.69) is 20.9 Å². The van der Waals surface area contributed by atoms with Crippen molar-refractivity contribution in [2.45, 2.75) is 26.2 Å². The highest BCUT2D eigenvalue weighted by atomic mass is 16.6. The van der Waals surface area contributed by atoms with Gasteiger partial charge in [-0.1, -0.05) is 18.2 Å². The highest BCUT2D eigenvalue weighted by Crippen LogP contribution is 2.28. The van der Waals surface area contributed by atoms with Crippen molar-refractivity contribution in [3.05, 3.63) is 79.5 Å². The molecule has 1 aliphatic rings. The molecular formula is C21H20N6O5. The number of hydrazone groups is 1. The predicted molar refractivity (Wildman–Crippen MR) is 117 cm³/mol. The van der Waals surface area contributed by atoms with Gasteiger partial charge in [0.1, 0.15) is 17.1 Å². The Hall–Kier alpha value is -4.28. The molecule has 2 N–H and O–H groups in total. The van der Waals surface area contributed by atoms with E-state index < -0.39 is 16.5 Å². The lowest BCUT2D eigenvalue weighted by atomic mass is 9.95. The number of aryl methyl sites for hydroxylation is 3. The molecule has 2 aromatic heterocycles. The number of fused-ring (bicyclic) bond motifs is 1. The molecule has 32 heavy (non-hydrogen) atoms. The molecule has 2 heterocycles. The van der Waals surface area contributed by atoms with Crippen molar-refractivity contribution in [3.63, 3.8) is 0 Å². The number of hydrogen-bond donors (Lipinski definition) is 2. The summed E-state index contributed by atoms with van der Waals surface area (Å²) in [5.41, 5.74) is 3.72. The van der Waals surface area contributed by atoms with Crippen molar-refractivity contribution >= 4 is 28.8 Å². The maximum atomic E-state index is 12.5.